The first-order valence-electron chi connectivity index (χ1n) is 6.39. The number of carbonyl (C=O) groups excluding carboxylic acids is 1. The molecule has 2 rings (SSSR count). The summed E-state index contributed by atoms with van der Waals surface area (Å²) in [5.41, 5.74) is 6.83. The second kappa shape index (κ2) is 7.13. The number of nitrogens with one attached hydrogen (secondary N) is 1. The first-order valence-corrected chi connectivity index (χ1v) is 6.77. The molecule has 1 amide bonds. The van der Waals surface area contributed by atoms with Gasteiger partial charge in [0, 0.05) is 17.0 Å². The van der Waals surface area contributed by atoms with E-state index in [-0.39, 0.29) is 24.4 Å². The zero-order chi connectivity index (χ0) is 13.1. The maximum absolute atomic E-state index is 11.7. The third-order valence-electron chi connectivity index (χ3n) is 3.56. The molecule has 0 bridgehead atoms. The van der Waals surface area contributed by atoms with Crippen molar-refractivity contribution in [2.24, 2.45) is 5.73 Å². The number of benzene rings is 1. The van der Waals surface area contributed by atoms with Crippen molar-refractivity contribution in [1.82, 2.24) is 5.32 Å². The number of hydrogen-bond donors (Lipinski definition) is 2. The normalized spacial score (nSPS) is 23.5. The van der Waals surface area contributed by atoms with Crippen molar-refractivity contribution in [2.75, 3.05) is 0 Å². The van der Waals surface area contributed by atoms with Crippen molar-refractivity contribution in [2.45, 2.75) is 44.2 Å². The molecule has 1 aliphatic carbocycles. The monoisotopic (exact) mass is 302 g/mol. The van der Waals surface area contributed by atoms with E-state index in [9.17, 15) is 4.79 Å². The molecule has 0 heterocycles. The highest BCUT2D eigenvalue weighted by atomic mass is 35.5. The van der Waals surface area contributed by atoms with E-state index in [1.54, 1.807) is 6.92 Å². The third-order valence-corrected chi connectivity index (χ3v) is 3.81. The molecule has 0 radical (unpaired) electrons. The Morgan fingerprint density at radius 1 is 1.37 bits per heavy atom. The predicted octanol–water partition coefficient (Wildman–Crippen LogP) is 2.86. The van der Waals surface area contributed by atoms with Crippen molar-refractivity contribution in [3.8, 4) is 0 Å². The van der Waals surface area contributed by atoms with Crippen molar-refractivity contribution in [3.05, 3.63) is 34.9 Å². The Balaban J connectivity index is 0.00000180. The SMILES string of the molecule is C[C@H](N)C(=O)N[C@H]1CCC[C@@H]1c1ccc(Cl)cc1.Cl. The molecule has 0 spiro atoms. The molecule has 0 aliphatic heterocycles. The maximum Gasteiger partial charge on any atom is 0.236 e. The second-order valence-corrected chi connectivity index (χ2v) is 5.43. The summed E-state index contributed by atoms with van der Waals surface area (Å²) in [6, 6.07) is 7.65. The topological polar surface area (TPSA) is 55.1 Å². The van der Waals surface area contributed by atoms with Crippen molar-refractivity contribution in [1.29, 1.82) is 0 Å². The molecule has 19 heavy (non-hydrogen) atoms. The number of halogens is 2. The van der Waals surface area contributed by atoms with E-state index in [2.05, 4.69) is 5.32 Å². The Morgan fingerprint density at radius 3 is 2.58 bits per heavy atom. The van der Waals surface area contributed by atoms with Crippen LogP contribution in [0.25, 0.3) is 0 Å². The smallest absolute Gasteiger partial charge is 0.236 e. The van der Waals surface area contributed by atoms with Gasteiger partial charge in [-0.2, -0.15) is 0 Å². The highest BCUT2D eigenvalue weighted by Crippen LogP contribution is 2.35. The van der Waals surface area contributed by atoms with Crippen LogP contribution >= 0.6 is 24.0 Å². The van der Waals surface area contributed by atoms with Gasteiger partial charge in [0.2, 0.25) is 5.91 Å². The minimum atomic E-state index is -0.448. The zero-order valence-corrected chi connectivity index (χ0v) is 12.5. The summed E-state index contributed by atoms with van der Waals surface area (Å²) < 4.78 is 0. The summed E-state index contributed by atoms with van der Waals surface area (Å²) in [5.74, 6) is 0.311. The van der Waals surface area contributed by atoms with E-state index in [4.69, 9.17) is 17.3 Å². The van der Waals surface area contributed by atoms with Crippen LogP contribution in [-0.2, 0) is 4.79 Å². The van der Waals surface area contributed by atoms with Crippen LogP contribution in [0.5, 0.6) is 0 Å². The molecule has 1 fully saturated rings. The molecule has 0 aromatic heterocycles. The summed E-state index contributed by atoms with van der Waals surface area (Å²) in [4.78, 5) is 11.7. The first-order chi connectivity index (χ1) is 8.58. The van der Waals surface area contributed by atoms with Crippen molar-refractivity contribution in [3.63, 3.8) is 0 Å². The van der Waals surface area contributed by atoms with Crippen LogP contribution in [-0.4, -0.2) is 18.0 Å². The average Bonchev–Trinajstić information content (AvgIpc) is 2.78. The highest BCUT2D eigenvalue weighted by Gasteiger charge is 2.30. The standard InChI is InChI=1S/C14H19ClN2O.ClH/c1-9(16)14(18)17-13-4-2-3-12(13)10-5-7-11(15)8-6-10;/h5-9,12-13H,2-4,16H2,1H3,(H,17,18);1H/t9-,12+,13-;/m0./s1. The fraction of sp³-hybridized carbons (Fsp3) is 0.500. The van der Waals surface area contributed by atoms with Crippen molar-refractivity contribution < 1.29 is 4.79 Å². The minimum Gasteiger partial charge on any atom is -0.351 e. The third kappa shape index (κ3) is 4.10. The number of amides is 1. The molecule has 3 atom stereocenters. The van der Waals surface area contributed by atoms with Crippen LogP contribution in [0.3, 0.4) is 0 Å². The lowest BCUT2D eigenvalue weighted by Crippen LogP contribution is -2.44. The van der Waals surface area contributed by atoms with Gasteiger partial charge in [-0.25, -0.2) is 0 Å². The van der Waals surface area contributed by atoms with Crippen LogP contribution < -0.4 is 11.1 Å². The van der Waals surface area contributed by atoms with Gasteiger partial charge in [-0.15, -0.1) is 12.4 Å². The zero-order valence-electron chi connectivity index (χ0n) is 10.9. The number of hydrogen-bond acceptors (Lipinski definition) is 2. The fourth-order valence-electron chi connectivity index (χ4n) is 2.56. The summed E-state index contributed by atoms with van der Waals surface area (Å²) in [5, 5.41) is 3.79. The van der Waals surface area contributed by atoms with Crippen LogP contribution in [0.4, 0.5) is 0 Å². The Labute approximate surface area is 125 Å². The van der Waals surface area contributed by atoms with Crippen LogP contribution in [0.15, 0.2) is 24.3 Å². The molecule has 106 valence electrons. The van der Waals surface area contributed by atoms with Crippen LogP contribution in [0, 0.1) is 0 Å². The molecular formula is C14H20Cl2N2O. The van der Waals surface area contributed by atoms with E-state index in [1.165, 1.54) is 5.56 Å². The van der Waals surface area contributed by atoms with Gasteiger partial charge in [0.05, 0.1) is 6.04 Å². The summed E-state index contributed by atoms with van der Waals surface area (Å²) >= 11 is 5.89. The molecule has 5 heteroatoms. The molecule has 1 aromatic carbocycles. The lowest BCUT2D eigenvalue weighted by molar-refractivity contribution is -0.122. The molecule has 1 aromatic rings. The van der Waals surface area contributed by atoms with E-state index in [0.717, 1.165) is 24.3 Å². The van der Waals surface area contributed by atoms with Gasteiger partial charge in [-0.3, -0.25) is 4.79 Å². The molecular weight excluding hydrogens is 283 g/mol. The van der Waals surface area contributed by atoms with Gasteiger partial charge >= 0.3 is 0 Å². The van der Waals surface area contributed by atoms with Crippen LogP contribution in [0.1, 0.15) is 37.7 Å². The molecule has 1 aliphatic rings. The van der Waals surface area contributed by atoms with Crippen molar-refractivity contribution >= 4 is 29.9 Å². The van der Waals surface area contributed by atoms with Gasteiger partial charge in [0.1, 0.15) is 0 Å². The number of carbonyl (C=O) groups is 1. The average molecular weight is 303 g/mol. The second-order valence-electron chi connectivity index (χ2n) is 4.99. The van der Waals surface area contributed by atoms with E-state index in [0.29, 0.717) is 5.92 Å². The maximum atomic E-state index is 11.7. The summed E-state index contributed by atoms with van der Waals surface area (Å²) in [7, 11) is 0. The largest absolute Gasteiger partial charge is 0.351 e. The van der Waals surface area contributed by atoms with Gasteiger partial charge in [0.15, 0.2) is 0 Å². The Kier molecular flexibility index (Phi) is 6.11. The summed E-state index contributed by atoms with van der Waals surface area (Å²) in [6.45, 7) is 1.71. The predicted molar refractivity (Wildman–Crippen MR) is 80.9 cm³/mol. The Bertz CT molecular complexity index is 420. The number of nitrogens with two attached hydrogens (primary N) is 1. The molecule has 3 nitrogen and oxygen atoms in total. The van der Waals surface area contributed by atoms with Crippen LogP contribution in [0.2, 0.25) is 5.02 Å². The lowest BCUT2D eigenvalue weighted by atomic mass is 9.94. The molecule has 1 saturated carbocycles. The van der Waals surface area contributed by atoms with E-state index in [1.807, 2.05) is 24.3 Å². The van der Waals surface area contributed by atoms with Gasteiger partial charge in [-0.1, -0.05) is 30.2 Å². The Hall–Kier alpha value is -0.770. The minimum absolute atomic E-state index is 0. The molecule has 3 N–H and O–H groups in total. The lowest BCUT2D eigenvalue weighted by Gasteiger charge is -2.22. The first kappa shape index (κ1) is 16.3. The molecule has 0 unspecified atom stereocenters. The highest BCUT2D eigenvalue weighted by molar-refractivity contribution is 6.30. The Morgan fingerprint density at radius 2 is 2.00 bits per heavy atom. The van der Waals surface area contributed by atoms with Gasteiger partial charge in [0.25, 0.3) is 0 Å². The fourth-order valence-corrected chi connectivity index (χ4v) is 2.68. The van der Waals surface area contributed by atoms with E-state index >= 15 is 0 Å². The van der Waals surface area contributed by atoms with Gasteiger partial charge < -0.3 is 11.1 Å². The molecule has 0 saturated heterocycles. The van der Waals surface area contributed by atoms with Gasteiger partial charge in [-0.05, 0) is 37.5 Å². The summed E-state index contributed by atoms with van der Waals surface area (Å²) in [6.07, 6.45) is 3.26. The van der Waals surface area contributed by atoms with E-state index < -0.39 is 6.04 Å². The number of rotatable bonds is 3. The quantitative estimate of drug-likeness (QED) is 0.902.